The van der Waals surface area contributed by atoms with Crippen LogP contribution in [0.15, 0.2) is 47.6 Å². The molecule has 0 saturated heterocycles. The van der Waals surface area contributed by atoms with Gasteiger partial charge in [-0.3, -0.25) is 4.79 Å². The molecule has 27 heavy (non-hydrogen) atoms. The summed E-state index contributed by atoms with van der Waals surface area (Å²) in [4.78, 5) is 19.8. The minimum absolute atomic E-state index is 0.00766. The van der Waals surface area contributed by atoms with Crippen molar-refractivity contribution in [1.82, 2.24) is 10.3 Å². The lowest BCUT2D eigenvalue weighted by Crippen LogP contribution is -2.63. The van der Waals surface area contributed by atoms with Gasteiger partial charge in [-0.05, 0) is 36.1 Å². The van der Waals surface area contributed by atoms with Gasteiger partial charge in [0.2, 0.25) is 6.23 Å². The molecule has 0 fully saturated rings. The number of nitrogens with two attached hydrogens (primary N) is 1. The lowest BCUT2D eigenvalue weighted by atomic mass is 9.83. The molecular formula is C18H15F3N4O2. The predicted octanol–water partition coefficient (Wildman–Crippen LogP) is 2.10. The molecule has 6 nitrogen and oxygen atoms in total. The number of nitrogens with zero attached hydrogens (tertiary/aromatic N) is 2. The van der Waals surface area contributed by atoms with Crippen LogP contribution in [-0.2, 0) is 16.7 Å². The lowest BCUT2D eigenvalue weighted by Gasteiger charge is -2.42. The van der Waals surface area contributed by atoms with E-state index in [9.17, 15) is 9.18 Å². The van der Waals surface area contributed by atoms with E-state index in [1.807, 2.05) is 5.32 Å². The number of carbonyl (C=O) groups excluding carboxylic acids is 1. The third-order valence-electron chi connectivity index (χ3n) is 4.88. The molecule has 2 atom stereocenters. The summed E-state index contributed by atoms with van der Waals surface area (Å²) in [7, 11) is 0. The van der Waals surface area contributed by atoms with Crippen LogP contribution < -0.4 is 11.1 Å². The van der Waals surface area contributed by atoms with Crippen LogP contribution in [0.1, 0.15) is 28.0 Å². The standard InChI is InChI=1S/C18H15F3N4O2/c19-12-6-3-9-23-13(12)14(26)24-15-18(20,21)17(25-16(22)27-15)8-7-10-4-1-2-5-11(10)17/h1-6,9,15H,7-8H2,(H2,22,25)(H,24,26)/t15?,17-/m1/s1. The van der Waals surface area contributed by atoms with Crippen LogP contribution in [0.5, 0.6) is 0 Å². The molecule has 1 aromatic heterocycles. The fraction of sp³-hybridized carbons (Fsp3) is 0.278. The Hall–Kier alpha value is -3.10. The molecule has 9 heteroatoms. The normalized spacial score (nSPS) is 25.4. The van der Waals surface area contributed by atoms with Crippen LogP contribution in [0.4, 0.5) is 13.2 Å². The summed E-state index contributed by atoms with van der Waals surface area (Å²) in [5.74, 6) is -5.69. The molecule has 1 amide bonds. The van der Waals surface area contributed by atoms with E-state index in [1.54, 1.807) is 24.3 Å². The molecule has 0 bridgehead atoms. The quantitative estimate of drug-likeness (QED) is 0.840. The Kier molecular flexibility index (Phi) is 3.83. The third-order valence-corrected chi connectivity index (χ3v) is 4.88. The number of rotatable bonds is 2. The predicted molar refractivity (Wildman–Crippen MR) is 89.5 cm³/mol. The van der Waals surface area contributed by atoms with Gasteiger partial charge in [0, 0.05) is 6.20 Å². The summed E-state index contributed by atoms with van der Waals surface area (Å²) in [6.07, 6.45) is -0.538. The number of fused-ring (bicyclic) bond motifs is 2. The van der Waals surface area contributed by atoms with Gasteiger partial charge < -0.3 is 15.8 Å². The number of hydrogen-bond donors (Lipinski definition) is 2. The minimum atomic E-state index is -3.62. The van der Waals surface area contributed by atoms with Gasteiger partial charge in [0.1, 0.15) is 0 Å². The van der Waals surface area contributed by atoms with Crippen LogP contribution in [-0.4, -0.2) is 29.1 Å². The second-order valence-electron chi connectivity index (χ2n) is 6.40. The number of nitrogens with one attached hydrogen (secondary N) is 1. The van der Waals surface area contributed by atoms with E-state index >= 15 is 8.78 Å². The highest BCUT2D eigenvalue weighted by atomic mass is 19.3. The summed E-state index contributed by atoms with van der Waals surface area (Å²) in [6, 6.07) is 8.53. The van der Waals surface area contributed by atoms with Crippen LogP contribution in [0, 0.1) is 5.82 Å². The number of aryl methyl sites for hydroxylation is 1. The molecule has 2 aliphatic rings. The fourth-order valence-corrected chi connectivity index (χ4v) is 3.62. The zero-order valence-electron chi connectivity index (χ0n) is 14.0. The molecule has 4 rings (SSSR count). The summed E-state index contributed by atoms with van der Waals surface area (Å²) in [6.45, 7) is 0. The first-order chi connectivity index (χ1) is 12.8. The Morgan fingerprint density at radius 2 is 2.04 bits per heavy atom. The second kappa shape index (κ2) is 5.97. The average Bonchev–Trinajstić information content (AvgIpc) is 3.00. The monoisotopic (exact) mass is 376 g/mol. The molecule has 0 radical (unpaired) electrons. The summed E-state index contributed by atoms with van der Waals surface area (Å²) in [5, 5.41) is 2.00. The molecule has 1 unspecified atom stereocenters. The Morgan fingerprint density at radius 1 is 1.26 bits per heavy atom. The van der Waals surface area contributed by atoms with Crippen molar-refractivity contribution in [3.63, 3.8) is 0 Å². The van der Waals surface area contributed by atoms with E-state index in [4.69, 9.17) is 10.5 Å². The van der Waals surface area contributed by atoms with E-state index in [0.717, 1.165) is 11.6 Å². The summed E-state index contributed by atoms with van der Waals surface area (Å²) >= 11 is 0. The second-order valence-corrected chi connectivity index (χ2v) is 6.40. The molecule has 0 saturated carbocycles. The Labute approximate surface area is 152 Å². The molecule has 1 spiro atoms. The largest absolute Gasteiger partial charge is 0.435 e. The van der Waals surface area contributed by atoms with Crippen LogP contribution in [0.25, 0.3) is 0 Å². The maximum absolute atomic E-state index is 15.4. The van der Waals surface area contributed by atoms with Crippen molar-refractivity contribution >= 4 is 11.9 Å². The van der Waals surface area contributed by atoms with E-state index < -0.39 is 41.1 Å². The van der Waals surface area contributed by atoms with E-state index in [1.165, 1.54) is 12.3 Å². The van der Waals surface area contributed by atoms with Crippen molar-refractivity contribution < 1.29 is 22.7 Å². The van der Waals surface area contributed by atoms with E-state index in [2.05, 4.69) is 9.98 Å². The van der Waals surface area contributed by atoms with Crippen molar-refractivity contribution in [2.75, 3.05) is 0 Å². The van der Waals surface area contributed by atoms with Crippen LogP contribution in [0.3, 0.4) is 0 Å². The van der Waals surface area contributed by atoms with Gasteiger partial charge in [-0.25, -0.2) is 14.4 Å². The number of alkyl halides is 2. The molecule has 3 N–H and O–H groups in total. The maximum atomic E-state index is 15.4. The first-order valence-electron chi connectivity index (χ1n) is 8.25. The first-order valence-corrected chi connectivity index (χ1v) is 8.25. The molecular weight excluding hydrogens is 361 g/mol. The number of benzene rings is 1. The zero-order chi connectivity index (χ0) is 19.2. The fourth-order valence-electron chi connectivity index (χ4n) is 3.62. The molecule has 2 aromatic rings. The van der Waals surface area contributed by atoms with Crippen molar-refractivity contribution in [3.8, 4) is 0 Å². The van der Waals surface area contributed by atoms with Gasteiger partial charge in [-0.2, -0.15) is 8.78 Å². The number of aliphatic imine (C=N–C) groups is 1. The smallest absolute Gasteiger partial charge is 0.331 e. The van der Waals surface area contributed by atoms with E-state index in [0.29, 0.717) is 12.0 Å². The SMILES string of the molecule is NC1=N[C@@]2(CCc3ccccc32)C(F)(F)C(NC(=O)c2ncccc2F)O1. The van der Waals surface area contributed by atoms with Gasteiger partial charge in [0.15, 0.2) is 17.1 Å². The highest BCUT2D eigenvalue weighted by molar-refractivity contribution is 5.93. The van der Waals surface area contributed by atoms with Gasteiger partial charge in [-0.15, -0.1) is 0 Å². The number of carbonyl (C=O) groups is 1. The zero-order valence-corrected chi connectivity index (χ0v) is 14.0. The van der Waals surface area contributed by atoms with Crippen LogP contribution in [0.2, 0.25) is 0 Å². The highest BCUT2D eigenvalue weighted by Gasteiger charge is 2.66. The van der Waals surface area contributed by atoms with Crippen molar-refractivity contribution in [2.45, 2.75) is 30.5 Å². The number of ether oxygens (including phenoxy) is 1. The van der Waals surface area contributed by atoms with Gasteiger partial charge in [-0.1, -0.05) is 24.3 Å². The molecule has 1 aliphatic heterocycles. The Balaban J connectivity index is 1.72. The Morgan fingerprint density at radius 3 is 2.81 bits per heavy atom. The first kappa shape index (κ1) is 17.3. The minimum Gasteiger partial charge on any atom is -0.435 e. The third kappa shape index (κ3) is 2.53. The maximum Gasteiger partial charge on any atom is 0.331 e. The molecule has 2 heterocycles. The van der Waals surface area contributed by atoms with Gasteiger partial charge in [0.25, 0.3) is 11.9 Å². The van der Waals surface area contributed by atoms with Crippen molar-refractivity contribution in [2.24, 2.45) is 10.7 Å². The van der Waals surface area contributed by atoms with Crippen LogP contribution >= 0.6 is 0 Å². The average molecular weight is 376 g/mol. The Bertz CT molecular complexity index is 950. The van der Waals surface area contributed by atoms with Gasteiger partial charge in [0.05, 0.1) is 0 Å². The molecule has 140 valence electrons. The number of amidine groups is 1. The number of halogens is 3. The van der Waals surface area contributed by atoms with E-state index in [-0.39, 0.29) is 6.42 Å². The van der Waals surface area contributed by atoms with Gasteiger partial charge >= 0.3 is 5.92 Å². The number of aromatic nitrogens is 1. The topological polar surface area (TPSA) is 89.6 Å². The van der Waals surface area contributed by atoms with Crippen molar-refractivity contribution in [3.05, 3.63) is 65.2 Å². The number of hydrogen-bond acceptors (Lipinski definition) is 5. The summed E-state index contributed by atoms with van der Waals surface area (Å²) < 4.78 is 49.6. The van der Waals surface area contributed by atoms with Crippen molar-refractivity contribution in [1.29, 1.82) is 0 Å². The molecule has 1 aliphatic carbocycles. The number of amides is 1. The lowest BCUT2D eigenvalue weighted by molar-refractivity contribution is -0.174. The molecule has 1 aromatic carbocycles. The number of pyridine rings is 1. The summed E-state index contributed by atoms with van der Waals surface area (Å²) in [5.41, 5.74) is 4.16. The highest BCUT2D eigenvalue weighted by Crippen LogP contribution is 2.53.